The van der Waals surface area contributed by atoms with E-state index in [4.69, 9.17) is 14.3 Å². The molecule has 0 bridgehead atoms. The lowest BCUT2D eigenvalue weighted by Crippen LogP contribution is -2.24. The molecule has 0 saturated heterocycles. The lowest BCUT2D eigenvalue weighted by molar-refractivity contribution is -0.125. The maximum absolute atomic E-state index is 12.7. The van der Waals surface area contributed by atoms with E-state index in [1.54, 1.807) is 24.3 Å². The lowest BCUT2D eigenvalue weighted by atomic mass is 10.0. The molecule has 3 aromatic rings. The van der Waals surface area contributed by atoms with Gasteiger partial charge in [0.1, 0.15) is 5.58 Å². The lowest BCUT2D eigenvalue weighted by Gasteiger charge is -2.17. The van der Waals surface area contributed by atoms with Crippen molar-refractivity contribution in [1.82, 2.24) is 0 Å². The zero-order chi connectivity index (χ0) is 19.6. The van der Waals surface area contributed by atoms with Crippen molar-refractivity contribution in [1.29, 1.82) is 0 Å². The van der Waals surface area contributed by atoms with Crippen molar-refractivity contribution in [2.75, 3.05) is 12.4 Å². The van der Waals surface area contributed by atoms with Crippen LogP contribution in [0.1, 0.15) is 11.7 Å². The largest absolute Gasteiger partial charge is 0.423 e. The number of methoxy groups -OCH3 is 1. The standard InChI is InChI=1S/C18H16N2O6S/c1-25-17(14-10-16(21)26-15-5-3-2-4-13(14)15)18(22)20-11-6-8-12(9-7-11)27(19,23)24/h2-10,17H,1H3,(H,20,22)(H2,19,23,24). The number of fused-ring (bicyclic) bond motifs is 1. The van der Waals surface area contributed by atoms with Crippen LogP contribution in [-0.4, -0.2) is 21.4 Å². The van der Waals surface area contributed by atoms with Gasteiger partial charge in [-0.15, -0.1) is 0 Å². The van der Waals surface area contributed by atoms with E-state index in [2.05, 4.69) is 5.32 Å². The Labute approximate surface area is 154 Å². The van der Waals surface area contributed by atoms with Crippen LogP contribution in [0.5, 0.6) is 0 Å². The first-order valence-electron chi connectivity index (χ1n) is 7.79. The molecule has 9 heteroatoms. The van der Waals surface area contributed by atoms with Gasteiger partial charge in [0.15, 0.2) is 6.10 Å². The highest BCUT2D eigenvalue weighted by Gasteiger charge is 2.24. The van der Waals surface area contributed by atoms with Crippen molar-refractivity contribution >= 4 is 32.6 Å². The van der Waals surface area contributed by atoms with Gasteiger partial charge in [-0.25, -0.2) is 18.4 Å². The first-order valence-corrected chi connectivity index (χ1v) is 9.33. The van der Waals surface area contributed by atoms with Gasteiger partial charge in [0.2, 0.25) is 10.0 Å². The highest BCUT2D eigenvalue weighted by Crippen LogP contribution is 2.26. The van der Waals surface area contributed by atoms with E-state index in [1.807, 2.05) is 0 Å². The average Bonchev–Trinajstić information content (AvgIpc) is 2.62. The Balaban J connectivity index is 1.92. The molecule has 1 unspecified atom stereocenters. The van der Waals surface area contributed by atoms with Gasteiger partial charge < -0.3 is 14.5 Å². The van der Waals surface area contributed by atoms with Crippen molar-refractivity contribution in [2.45, 2.75) is 11.0 Å². The minimum absolute atomic E-state index is 0.0737. The molecule has 1 amide bonds. The number of para-hydroxylation sites is 1. The zero-order valence-corrected chi connectivity index (χ0v) is 15.0. The summed E-state index contributed by atoms with van der Waals surface area (Å²) in [5.74, 6) is -0.531. The molecule has 0 saturated carbocycles. The van der Waals surface area contributed by atoms with E-state index in [-0.39, 0.29) is 4.90 Å². The number of ether oxygens (including phenoxy) is 1. The van der Waals surface area contributed by atoms with E-state index < -0.39 is 27.7 Å². The molecule has 0 radical (unpaired) electrons. The van der Waals surface area contributed by atoms with Crippen LogP contribution in [0.25, 0.3) is 11.0 Å². The smallest absolute Gasteiger partial charge is 0.336 e. The van der Waals surface area contributed by atoms with Crippen molar-refractivity contribution in [3.8, 4) is 0 Å². The molecular weight excluding hydrogens is 372 g/mol. The van der Waals surface area contributed by atoms with E-state index in [1.165, 1.54) is 37.4 Å². The molecule has 27 heavy (non-hydrogen) atoms. The second-order valence-corrected chi connectivity index (χ2v) is 7.25. The second kappa shape index (κ2) is 7.31. The maximum atomic E-state index is 12.7. The molecule has 0 aliphatic heterocycles. The fourth-order valence-corrected chi connectivity index (χ4v) is 3.18. The predicted molar refractivity (Wildman–Crippen MR) is 98.7 cm³/mol. The van der Waals surface area contributed by atoms with Crippen LogP contribution in [0.2, 0.25) is 0 Å². The topological polar surface area (TPSA) is 129 Å². The number of carbonyl (C=O) groups is 1. The predicted octanol–water partition coefficient (Wildman–Crippen LogP) is 1.77. The van der Waals surface area contributed by atoms with Gasteiger partial charge in [-0.2, -0.15) is 0 Å². The highest BCUT2D eigenvalue weighted by molar-refractivity contribution is 7.89. The Morgan fingerprint density at radius 1 is 1.15 bits per heavy atom. The number of hydrogen-bond donors (Lipinski definition) is 2. The van der Waals surface area contributed by atoms with Crippen LogP contribution in [0.15, 0.2) is 68.7 Å². The number of nitrogens with two attached hydrogens (primary N) is 1. The summed E-state index contributed by atoms with van der Waals surface area (Å²) >= 11 is 0. The maximum Gasteiger partial charge on any atom is 0.336 e. The van der Waals surface area contributed by atoms with Gasteiger partial charge in [0, 0.05) is 29.8 Å². The third-order valence-electron chi connectivity index (χ3n) is 3.89. The molecule has 2 aromatic carbocycles. The summed E-state index contributed by atoms with van der Waals surface area (Å²) in [5.41, 5.74) is 0.452. The average molecular weight is 388 g/mol. The fraction of sp³-hybridized carbons (Fsp3) is 0.111. The number of carbonyl (C=O) groups excluding carboxylic acids is 1. The number of primary sulfonamides is 1. The summed E-state index contributed by atoms with van der Waals surface area (Å²) in [4.78, 5) is 24.4. The first kappa shape index (κ1) is 18.8. The number of benzene rings is 2. The number of rotatable bonds is 5. The van der Waals surface area contributed by atoms with Crippen molar-refractivity contribution in [2.24, 2.45) is 5.14 Å². The Kier molecular flexibility index (Phi) is 5.08. The molecule has 3 N–H and O–H groups in total. The quantitative estimate of drug-likeness (QED) is 0.641. The molecule has 0 aliphatic carbocycles. The Morgan fingerprint density at radius 2 is 1.81 bits per heavy atom. The van der Waals surface area contributed by atoms with Crippen molar-refractivity contribution < 1.29 is 22.4 Å². The van der Waals surface area contributed by atoms with Gasteiger partial charge >= 0.3 is 5.63 Å². The van der Waals surface area contributed by atoms with Crippen LogP contribution in [-0.2, 0) is 19.6 Å². The molecule has 8 nitrogen and oxygen atoms in total. The van der Waals surface area contributed by atoms with Gasteiger partial charge in [0.05, 0.1) is 4.90 Å². The summed E-state index contributed by atoms with van der Waals surface area (Å²) in [6, 6.07) is 13.4. The van der Waals surface area contributed by atoms with Gasteiger partial charge in [0.25, 0.3) is 5.91 Å². The molecule has 1 aromatic heterocycles. The zero-order valence-electron chi connectivity index (χ0n) is 14.2. The van der Waals surface area contributed by atoms with E-state index in [9.17, 15) is 18.0 Å². The van der Waals surface area contributed by atoms with Crippen molar-refractivity contribution in [3.05, 3.63) is 70.6 Å². The summed E-state index contributed by atoms with van der Waals surface area (Å²) in [6.07, 6.45) is -1.07. The second-order valence-electron chi connectivity index (χ2n) is 5.69. The molecule has 3 rings (SSSR count). The van der Waals surface area contributed by atoms with Crippen LogP contribution < -0.4 is 16.1 Å². The normalized spacial score (nSPS) is 12.7. The number of sulfonamides is 1. The van der Waals surface area contributed by atoms with Crippen LogP contribution in [0.3, 0.4) is 0 Å². The number of nitrogens with one attached hydrogen (secondary N) is 1. The van der Waals surface area contributed by atoms with Crippen LogP contribution >= 0.6 is 0 Å². The molecule has 0 spiro atoms. The number of hydrogen-bond acceptors (Lipinski definition) is 6. The number of amides is 1. The minimum Gasteiger partial charge on any atom is -0.423 e. The molecule has 0 aliphatic rings. The van der Waals surface area contributed by atoms with Crippen LogP contribution in [0.4, 0.5) is 5.69 Å². The minimum atomic E-state index is -3.82. The molecule has 1 atom stereocenters. The van der Waals surface area contributed by atoms with Gasteiger partial charge in [-0.05, 0) is 30.3 Å². The molecule has 0 fully saturated rings. The summed E-state index contributed by atoms with van der Waals surface area (Å²) in [5, 5.41) is 8.24. The van der Waals surface area contributed by atoms with Crippen LogP contribution in [0, 0.1) is 0 Å². The molecule has 140 valence electrons. The first-order chi connectivity index (χ1) is 12.8. The Morgan fingerprint density at radius 3 is 2.44 bits per heavy atom. The summed E-state index contributed by atoms with van der Waals surface area (Å²) in [6.45, 7) is 0. The molecular formula is C18H16N2O6S. The Hall–Kier alpha value is -3.01. The third kappa shape index (κ3) is 4.05. The van der Waals surface area contributed by atoms with E-state index in [0.29, 0.717) is 22.2 Å². The van der Waals surface area contributed by atoms with E-state index >= 15 is 0 Å². The van der Waals surface area contributed by atoms with Gasteiger partial charge in [-0.3, -0.25) is 4.79 Å². The monoisotopic (exact) mass is 388 g/mol. The Bertz CT molecular complexity index is 1150. The van der Waals surface area contributed by atoms with Gasteiger partial charge in [-0.1, -0.05) is 18.2 Å². The third-order valence-corrected chi connectivity index (χ3v) is 4.82. The fourth-order valence-electron chi connectivity index (χ4n) is 2.66. The van der Waals surface area contributed by atoms with Crippen molar-refractivity contribution in [3.63, 3.8) is 0 Å². The summed E-state index contributed by atoms with van der Waals surface area (Å²) < 4.78 is 33.0. The SMILES string of the molecule is COC(C(=O)Nc1ccc(S(N)(=O)=O)cc1)c1cc(=O)oc2ccccc12. The van der Waals surface area contributed by atoms with E-state index in [0.717, 1.165) is 0 Å². The number of anilines is 1. The molecule has 1 heterocycles. The summed E-state index contributed by atoms with van der Waals surface area (Å²) in [7, 11) is -2.48. The highest BCUT2D eigenvalue weighted by atomic mass is 32.2.